The van der Waals surface area contributed by atoms with Crippen LogP contribution in [0.2, 0.25) is 0 Å². The molecule has 5 nitrogen and oxygen atoms in total. The first-order valence-electron chi connectivity index (χ1n) is 6.52. The highest BCUT2D eigenvalue weighted by Crippen LogP contribution is 2.25. The third-order valence-corrected chi connectivity index (χ3v) is 3.76. The topological polar surface area (TPSA) is 81.6 Å². The predicted molar refractivity (Wildman–Crippen MR) is 72.9 cm³/mol. The molecule has 1 atom stereocenters. The van der Waals surface area contributed by atoms with E-state index < -0.39 is 5.54 Å². The van der Waals surface area contributed by atoms with Crippen molar-refractivity contribution < 1.29 is 15.0 Å². The van der Waals surface area contributed by atoms with Crippen molar-refractivity contribution in [3.05, 3.63) is 29.8 Å². The predicted octanol–water partition coefficient (Wildman–Crippen LogP) is 0.273. The van der Waals surface area contributed by atoms with E-state index in [0.29, 0.717) is 12.8 Å². The maximum absolute atomic E-state index is 12.2. The van der Waals surface area contributed by atoms with Crippen LogP contribution in [0, 0.1) is 0 Å². The minimum Gasteiger partial charge on any atom is -0.394 e. The van der Waals surface area contributed by atoms with Crippen LogP contribution in [0.3, 0.4) is 0 Å². The van der Waals surface area contributed by atoms with Gasteiger partial charge in [-0.3, -0.25) is 4.79 Å². The molecule has 5 heteroatoms. The summed E-state index contributed by atoms with van der Waals surface area (Å²) >= 11 is 0. The summed E-state index contributed by atoms with van der Waals surface area (Å²) in [4.78, 5) is 12.2. The summed E-state index contributed by atoms with van der Waals surface area (Å²) in [5, 5.41) is 24.6. The van der Waals surface area contributed by atoms with Crippen molar-refractivity contribution >= 4 is 11.6 Å². The number of aliphatic hydroxyl groups is 2. The van der Waals surface area contributed by atoms with Crippen molar-refractivity contribution in [2.45, 2.75) is 31.3 Å². The van der Waals surface area contributed by atoms with Crippen LogP contribution < -0.4 is 10.6 Å². The molecule has 1 heterocycles. The van der Waals surface area contributed by atoms with Crippen molar-refractivity contribution in [2.24, 2.45) is 0 Å². The number of para-hydroxylation sites is 1. The SMILES string of the molecule is CCC(CO)(CO)NC(=O)C1Cc2ccccc2N1. The van der Waals surface area contributed by atoms with Crippen LogP contribution in [0.25, 0.3) is 0 Å². The fourth-order valence-corrected chi connectivity index (χ4v) is 2.25. The Morgan fingerprint density at radius 2 is 2.11 bits per heavy atom. The summed E-state index contributed by atoms with van der Waals surface area (Å²) in [6, 6.07) is 7.44. The first kappa shape index (κ1) is 13.8. The Hall–Kier alpha value is -1.59. The summed E-state index contributed by atoms with van der Waals surface area (Å²) in [6.07, 6.45) is 1.10. The van der Waals surface area contributed by atoms with E-state index in [2.05, 4.69) is 10.6 Å². The normalized spacial score (nSPS) is 17.7. The molecule has 0 spiro atoms. The van der Waals surface area contributed by atoms with Gasteiger partial charge in [-0.05, 0) is 18.1 Å². The monoisotopic (exact) mass is 264 g/mol. The molecule has 0 saturated carbocycles. The molecule has 0 bridgehead atoms. The van der Waals surface area contributed by atoms with E-state index in [1.54, 1.807) is 0 Å². The Morgan fingerprint density at radius 1 is 1.42 bits per heavy atom. The second-order valence-electron chi connectivity index (χ2n) is 5.00. The molecule has 1 aromatic rings. The second-order valence-corrected chi connectivity index (χ2v) is 5.00. The number of aliphatic hydroxyl groups excluding tert-OH is 2. The van der Waals surface area contributed by atoms with Gasteiger partial charge in [-0.2, -0.15) is 0 Å². The van der Waals surface area contributed by atoms with Crippen LogP contribution in [-0.2, 0) is 11.2 Å². The first-order valence-corrected chi connectivity index (χ1v) is 6.52. The smallest absolute Gasteiger partial charge is 0.243 e. The molecular weight excluding hydrogens is 244 g/mol. The number of rotatable bonds is 5. The van der Waals surface area contributed by atoms with Crippen molar-refractivity contribution in [3.8, 4) is 0 Å². The Kier molecular flexibility index (Phi) is 4.07. The molecule has 1 unspecified atom stereocenters. The number of amides is 1. The standard InChI is InChI=1S/C14H20N2O3/c1-2-14(8-17,9-18)16-13(19)12-7-10-5-3-4-6-11(10)15-12/h3-6,12,15,17-18H,2,7-9H2,1H3,(H,16,19). The van der Waals surface area contributed by atoms with Crippen LogP contribution in [0.5, 0.6) is 0 Å². The summed E-state index contributed by atoms with van der Waals surface area (Å²) in [7, 11) is 0. The van der Waals surface area contributed by atoms with E-state index in [4.69, 9.17) is 0 Å². The average Bonchev–Trinajstić information content (AvgIpc) is 2.89. The van der Waals surface area contributed by atoms with Crippen molar-refractivity contribution in [3.63, 3.8) is 0 Å². The zero-order valence-electron chi connectivity index (χ0n) is 11.0. The lowest BCUT2D eigenvalue weighted by Crippen LogP contribution is -2.57. The van der Waals surface area contributed by atoms with Crippen molar-refractivity contribution in [1.82, 2.24) is 5.32 Å². The molecule has 0 aromatic heterocycles. The Morgan fingerprint density at radius 3 is 2.68 bits per heavy atom. The molecule has 19 heavy (non-hydrogen) atoms. The molecule has 1 aromatic carbocycles. The van der Waals surface area contributed by atoms with Gasteiger partial charge in [0.1, 0.15) is 6.04 Å². The molecule has 1 amide bonds. The maximum atomic E-state index is 12.2. The minimum absolute atomic E-state index is 0.193. The van der Waals surface area contributed by atoms with Crippen LogP contribution >= 0.6 is 0 Å². The molecule has 0 saturated heterocycles. The fraction of sp³-hybridized carbons (Fsp3) is 0.500. The van der Waals surface area contributed by atoms with E-state index >= 15 is 0 Å². The van der Waals surface area contributed by atoms with Crippen molar-refractivity contribution in [1.29, 1.82) is 0 Å². The van der Waals surface area contributed by atoms with Gasteiger partial charge in [0.25, 0.3) is 0 Å². The molecule has 0 aliphatic carbocycles. The van der Waals surface area contributed by atoms with Crippen LogP contribution in [0.15, 0.2) is 24.3 Å². The lowest BCUT2D eigenvalue weighted by molar-refractivity contribution is -0.125. The Labute approximate surface area is 112 Å². The van der Waals surface area contributed by atoms with Crippen molar-refractivity contribution in [2.75, 3.05) is 18.5 Å². The van der Waals surface area contributed by atoms with E-state index in [1.165, 1.54) is 0 Å². The third-order valence-electron chi connectivity index (χ3n) is 3.76. The minimum atomic E-state index is -0.937. The van der Waals surface area contributed by atoms with E-state index in [1.807, 2.05) is 31.2 Å². The van der Waals surface area contributed by atoms with Crippen LogP contribution in [0.4, 0.5) is 5.69 Å². The molecule has 0 fully saturated rings. The van der Waals surface area contributed by atoms with Crippen LogP contribution in [-0.4, -0.2) is 40.9 Å². The number of anilines is 1. The molecular formula is C14H20N2O3. The van der Waals surface area contributed by atoms with Gasteiger partial charge in [-0.25, -0.2) is 0 Å². The number of benzene rings is 1. The lowest BCUT2D eigenvalue weighted by atomic mass is 9.97. The Bertz CT molecular complexity index is 424. The van der Waals surface area contributed by atoms with Gasteiger partial charge in [0.2, 0.25) is 5.91 Å². The number of nitrogens with one attached hydrogen (secondary N) is 2. The quantitative estimate of drug-likeness (QED) is 0.615. The van der Waals surface area contributed by atoms with E-state index in [-0.39, 0.29) is 25.2 Å². The molecule has 1 aliphatic rings. The molecule has 104 valence electrons. The second kappa shape index (κ2) is 5.59. The summed E-state index contributed by atoms with van der Waals surface area (Å²) < 4.78 is 0. The highest BCUT2D eigenvalue weighted by Gasteiger charge is 2.33. The highest BCUT2D eigenvalue weighted by atomic mass is 16.3. The largest absolute Gasteiger partial charge is 0.394 e. The zero-order valence-corrected chi connectivity index (χ0v) is 11.0. The van der Waals surface area contributed by atoms with E-state index in [0.717, 1.165) is 11.3 Å². The summed E-state index contributed by atoms with van der Waals surface area (Å²) in [5.74, 6) is -0.193. The van der Waals surface area contributed by atoms with Gasteiger partial charge < -0.3 is 20.8 Å². The maximum Gasteiger partial charge on any atom is 0.243 e. The molecule has 0 radical (unpaired) electrons. The third kappa shape index (κ3) is 2.72. The van der Waals surface area contributed by atoms with Gasteiger partial charge in [-0.1, -0.05) is 25.1 Å². The molecule has 2 rings (SSSR count). The molecule has 1 aliphatic heterocycles. The number of hydrogen-bond donors (Lipinski definition) is 4. The van der Waals surface area contributed by atoms with Gasteiger partial charge in [0.05, 0.1) is 18.8 Å². The number of fused-ring (bicyclic) bond motifs is 1. The summed E-state index contributed by atoms with van der Waals surface area (Å²) in [5.41, 5.74) is 1.14. The van der Waals surface area contributed by atoms with Gasteiger partial charge in [0.15, 0.2) is 0 Å². The number of carbonyl (C=O) groups excluding carboxylic acids is 1. The average molecular weight is 264 g/mol. The van der Waals surface area contributed by atoms with Gasteiger partial charge >= 0.3 is 0 Å². The van der Waals surface area contributed by atoms with Crippen LogP contribution in [0.1, 0.15) is 18.9 Å². The fourth-order valence-electron chi connectivity index (χ4n) is 2.25. The Balaban J connectivity index is 2.03. The first-order chi connectivity index (χ1) is 9.14. The number of carbonyl (C=O) groups is 1. The zero-order chi connectivity index (χ0) is 13.9. The van der Waals surface area contributed by atoms with E-state index in [9.17, 15) is 15.0 Å². The lowest BCUT2D eigenvalue weighted by Gasteiger charge is -2.31. The molecule has 4 N–H and O–H groups in total. The van der Waals surface area contributed by atoms with Gasteiger partial charge in [-0.15, -0.1) is 0 Å². The highest BCUT2D eigenvalue weighted by molar-refractivity contribution is 5.88. The number of hydrogen-bond acceptors (Lipinski definition) is 4. The summed E-state index contributed by atoms with van der Waals surface area (Å²) in [6.45, 7) is 1.28. The van der Waals surface area contributed by atoms with Gasteiger partial charge in [0, 0.05) is 12.1 Å².